The summed E-state index contributed by atoms with van der Waals surface area (Å²) in [5.41, 5.74) is 11.1. The molecule has 220 valence electrons. The van der Waals surface area contributed by atoms with Crippen molar-refractivity contribution in [3.05, 3.63) is 101 Å². The van der Waals surface area contributed by atoms with Crippen molar-refractivity contribution in [2.45, 2.75) is 34.6 Å². The predicted molar refractivity (Wildman–Crippen MR) is 170 cm³/mol. The van der Waals surface area contributed by atoms with Crippen molar-refractivity contribution in [1.29, 1.82) is 0 Å². The Balaban J connectivity index is 1.62. The molecule has 0 radical (unpaired) electrons. The van der Waals surface area contributed by atoms with Crippen LogP contribution in [-0.4, -0.2) is 29.3 Å². The summed E-state index contributed by atoms with van der Waals surface area (Å²) in [6.45, 7) is 10.9. The monoisotopic (exact) mass is 578 g/mol. The fourth-order valence-corrected chi connectivity index (χ4v) is 5.05. The Morgan fingerprint density at radius 1 is 0.907 bits per heavy atom. The molecule has 1 heterocycles. The molecule has 0 aliphatic carbocycles. The number of fused-ring (bicyclic) bond motifs is 3. The van der Waals surface area contributed by atoms with Gasteiger partial charge in [0.15, 0.2) is 0 Å². The summed E-state index contributed by atoms with van der Waals surface area (Å²) >= 11 is 0. The summed E-state index contributed by atoms with van der Waals surface area (Å²) in [5, 5.41) is 7.68. The Labute approximate surface area is 249 Å². The van der Waals surface area contributed by atoms with Crippen LogP contribution in [0, 0.1) is 24.1 Å². The zero-order valence-corrected chi connectivity index (χ0v) is 24.9. The number of aromatic nitrogens is 1. The molecule has 0 fully saturated rings. The molecule has 7 nitrogen and oxygen atoms in total. The lowest BCUT2D eigenvalue weighted by Crippen LogP contribution is -2.37. The topological polar surface area (TPSA) is 117 Å². The molecule has 43 heavy (non-hydrogen) atoms. The van der Waals surface area contributed by atoms with Gasteiger partial charge in [0.05, 0.1) is 11.1 Å². The van der Waals surface area contributed by atoms with E-state index >= 15 is 0 Å². The number of halogens is 1. The Kier molecular flexibility index (Phi) is 7.80. The number of rotatable bonds is 8. The van der Waals surface area contributed by atoms with Crippen molar-refractivity contribution < 1.29 is 18.8 Å². The zero-order valence-electron chi connectivity index (χ0n) is 24.9. The van der Waals surface area contributed by atoms with Crippen LogP contribution in [0.3, 0.4) is 0 Å². The Hall–Kier alpha value is -4.98. The first-order valence-electron chi connectivity index (χ1n) is 14.2. The maximum Gasteiger partial charge on any atom is 0.255 e. The molecule has 4 aromatic carbocycles. The number of aromatic amines is 1. The largest absolute Gasteiger partial charge is 0.366 e. The van der Waals surface area contributed by atoms with Crippen molar-refractivity contribution in [3.8, 4) is 11.1 Å². The molecule has 1 aromatic heterocycles. The van der Waals surface area contributed by atoms with E-state index in [1.165, 1.54) is 24.3 Å². The average molecular weight is 579 g/mol. The summed E-state index contributed by atoms with van der Waals surface area (Å²) in [6, 6.07) is 19.9. The molecule has 0 spiro atoms. The Bertz CT molecular complexity index is 1890. The highest BCUT2D eigenvalue weighted by molar-refractivity contribution is 6.21. The van der Waals surface area contributed by atoms with E-state index in [1.807, 2.05) is 37.3 Å². The normalized spacial score (nSPS) is 11.7. The summed E-state index contributed by atoms with van der Waals surface area (Å²) < 4.78 is 13.4. The molecule has 0 aliphatic rings. The van der Waals surface area contributed by atoms with E-state index in [-0.39, 0.29) is 17.2 Å². The van der Waals surface area contributed by atoms with Gasteiger partial charge in [0, 0.05) is 39.6 Å². The molecule has 0 bridgehead atoms. The number of nitrogens with two attached hydrogens (primary N) is 1. The van der Waals surface area contributed by atoms with E-state index in [0.29, 0.717) is 45.9 Å². The maximum absolute atomic E-state index is 13.5. The molecule has 0 unspecified atom stereocenters. The first-order valence-corrected chi connectivity index (χ1v) is 14.2. The number of primary amides is 1. The third kappa shape index (κ3) is 5.73. The molecule has 5 N–H and O–H groups in total. The number of hydrogen-bond acceptors (Lipinski definition) is 3. The highest BCUT2D eigenvalue weighted by Crippen LogP contribution is 2.39. The number of carbonyl (C=O) groups is 3. The maximum atomic E-state index is 13.5. The lowest BCUT2D eigenvalue weighted by atomic mass is 9.81. The fourth-order valence-electron chi connectivity index (χ4n) is 5.05. The standard InChI is InChI=1S/C35H35FN4O3/c1-19(2)35(4,5)18-38-34(43)27-16-15-25(30-26-14-11-22(32(37)41)17-29(26)39-31(27)30)24-7-6-8-28(20(24)3)40-33(42)21-9-12-23(36)13-10-21/h6-17,19,39H,18H2,1-5H3,(H2,37,41)(H,38,43)(H,40,42). The van der Waals surface area contributed by atoms with Crippen molar-refractivity contribution in [2.24, 2.45) is 17.1 Å². The molecular formula is C35H35FN4O3. The minimum Gasteiger partial charge on any atom is -0.366 e. The van der Waals surface area contributed by atoms with Gasteiger partial charge in [-0.05, 0) is 83.5 Å². The third-order valence-electron chi connectivity index (χ3n) is 8.53. The van der Waals surface area contributed by atoms with Crippen LogP contribution in [0.1, 0.15) is 64.3 Å². The van der Waals surface area contributed by atoms with Gasteiger partial charge in [-0.15, -0.1) is 0 Å². The zero-order chi connectivity index (χ0) is 31.1. The highest BCUT2D eigenvalue weighted by atomic mass is 19.1. The molecule has 3 amide bonds. The second-order valence-electron chi connectivity index (χ2n) is 11.9. The number of H-pyrrole nitrogens is 1. The Morgan fingerprint density at radius 3 is 2.28 bits per heavy atom. The van der Waals surface area contributed by atoms with Crippen molar-refractivity contribution in [1.82, 2.24) is 10.3 Å². The van der Waals surface area contributed by atoms with Crippen LogP contribution in [0.25, 0.3) is 32.9 Å². The van der Waals surface area contributed by atoms with E-state index in [4.69, 9.17) is 5.73 Å². The SMILES string of the molecule is Cc1c(NC(=O)c2ccc(F)cc2)cccc1-c1ccc(C(=O)NCC(C)(C)C(C)C)c2[nH]c3cc(C(N)=O)ccc3c12. The van der Waals surface area contributed by atoms with Gasteiger partial charge in [-0.3, -0.25) is 14.4 Å². The van der Waals surface area contributed by atoms with Crippen LogP contribution in [0.15, 0.2) is 72.8 Å². The summed E-state index contributed by atoms with van der Waals surface area (Å²) in [7, 11) is 0. The van der Waals surface area contributed by atoms with Gasteiger partial charge in [0.1, 0.15) is 5.82 Å². The first-order chi connectivity index (χ1) is 20.4. The van der Waals surface area contributed by atoms with E-state index < -0.39 is 11.7 Å². The molecule has 5 rings (SSSR count). The molecular weight excluding hydrogens is 543 g/mol. The van der Waals surface area contributed by atoms with Gasteiger partial charge < -0.3 is 21.4 Å². The number of benzene rings is 4. The number of anilines is 1. The quantitative estimate of drug-likeness (QED) is 0.156. The first kappa shape index (κ1) is 29.5. The van der Waals surface area contributed by atoms with E-state index in [1.54, 1.807) is 18.2 Å². The summed E-state index contributed by atoms with van der Waals surface area (Å²) in [5.74, 6) is -1.15. The van der Waals surface area contributed by atoms with Crippen LogP contribution in [0.2, 0.25) is 0 Å². The summed E-state index contributed by atoms with van der Waals surface area (Å²) in [6.07, 6.45) is 0. The number of hydrogen-bond donors (Lipinski definition) is 4. The van der Waals surface area contributed by atoms with Crippen molar-refractivity contribution in [3.63, 3.8) is 0 Å². The Morgan fingerprint density at radius 2 is 1.60 bits per heavy atom. The van der Waals surface area contributed by atoms with Gasteiger partial charge in [-0.25, -0.2) is 4.39 Å². The van der Waals surface area contributed by atoms with E-state index in [2.05, 4.69) is 43.3 Å². The minimum absolute atomic E-state index is 0.0958. The van der Waals surface area contributed by atoms with Gasteiger partial charge in [0.25, 0.3) is 11.8 Å². The molecule has 0 saturated carbocycles. The van der Waals surface area contributed by atoms with Gasteiger partial charge in [0.2, 0.25) is 5.91 Å². The van der Waals surface area contributed by atoms with Gasteiger partial charge in [-0.2, -0.15) is 0 Å². The molecule has 0 aliphatic heterocycles. The van der Waals surface area contributed by atoms with E-state index in [0.717, 1.165) is 27.5 Å². The molecule has 5 aromatic rings. The molecule has 0 atom stereocenters. The highest BCUT2D eigenvalue weighted by Gasteiger charge is 2.25. The lowest BCUT2D eigenvalue weighted by Gasteiger charge is -2.29. The van der Waals surface area contributed by atoms with Crippen molar-refractivity contribution >= 4 is 45.2 Å². The number of amides is 3. The third-order valence-corrected chi connectivity index (χ3v) is 8.53. The summed E-state index contributed by atoms with van der Waals surface area (Å²) in [4.78, 5) is 41.8. The lowest BCUT2D eigenvalue weighted by molar-refractivity contribution is 0.0925. The second-order valence-corrected chi connectivity index (χ2v) is 11.9. The van der Waals surface area contributed by atoms with Crippen LogP contribution >= 0.6 is 0 Å². The number of nitrogens with one attached hydrogen (secondary N) is 3. The minimum atomic E-state index is -0.546. The average Bonchev–Trinajstić information content (AvgIpc) is 3.36. The predicted octanol–water partition coefficient (Wildman–Crippen LogP) is 7.20. The van der Waals surface area contributed by atoms with Gasteiger partial charge >= 0.3 is 0 Å². The van der Waals surface area contributed by atoms with Crippen LogP contribution in [0.4, 0.5) is 10.1 Å². The van der Waals surface area contributed by atoms with Crippen molar-refractivity contribution in [2.75, 3.05) is 11.9 Å². The van der Waals surface area contributed by atoms with Crippen LogP contribution < -0.4 is 16.4 Å². The molecule has 0 saturated heterocycles. The number of carbonyl (C=O) groups excluding carboxylic acids is 3. The van der Waals surface area contributed by atoms with Crippen LogP contribution in [-0.2, 0) is 0 Å². The van der Waals surface area contributed by atoms with Gasteiger partial charge in [-0.1, -0.05) is 52.0 Å². The smallest absolute Gasteiger partial charge is 0.255 e. The van der Waals surface area contributed by atoms with E-state index in [9.17, 15) is 18.8 Å². The second kappa shape index (κ2) is 11.4. The van der Waals surface area contributed by atoms with Crippen LogP contribution in [0.5, 0.6) is 0 Å². The molecule has 8 heteroatoms. The fraction of sp³-hybridized carbons (Fsp3) is 0.229.